The second-order valence-corrected chi connectivity index (χ2v) is 1.74. The van der Waals surface area contributed by atoms with Crippen molar-refractivity contribution in [2.75, 3.05) is 6.54 Å². The normalized spacial score (nSPS) is 7.73. The van der Waals surface area contributed by atoms with Gasteiger partial charge >= 0.3 is 5.97 Å². The van der Waals surface area contributed by atoms with E-state index in [1.807, 2.05) is 5.92 Å². The first-order chi connectivity index (χ1) is 5.16. The minimum Gasteiger partial charge on any atom is -0.472 e. The van der Waals surface area contributed by atoms with Crippen LogP contribution in [0.1, 0.15) is 13.3 Å². The molecular formula is C7H9NO3. The number of hydrogen-bond donors (Lipinski definition) is 2. The SMILES string of the molecule is CCC(=O)NCC#CC(=O)O. The highest BCUT2D eigenvalue weighted by Crippen LogP contribution is 1.71. The number of carbonyl (C=O) groups is 2. The Labute approximate surface area is 64.6 Å². The van der Waals surface area contributed by atoms with Gasteiger partial charge in [-0.1, -0.05) is 12.8 Å². The average molecular weight is 155 g/mol. The third kappa shape index (κ3) is 6.38. The molecule has 0 saturated heterocycles. The van der Waals surface area contributed by atoms with Crippen molar-refractivity contribution in [1.82, 2.24) is 5.32 Å². The van der Waals surface area contributed by atoms with Gasteiger partial charge in [0.25, 0.3) is 0 Å². The van der Waals surface area contributed by atoms with E-state index in [-0.39, 0.29) is 12.5 Å². The smallest absolute Gasteiger partial charge is 0.381 e. The summed E-state index contributed by atoms with van der Waals surface area (Å²) in [6.45, 7) is 1.80. The summed E-state index contributed by atoms with van der Waals surface area (Å²) in [5.41, 5.74) is 0. The van der Waals surface area contributed by atoms with Crippen molar-refractivity contribution < 1.29 is 14.7 Å². The standard InChI is InChI=1S/C7H9NO3/c1-2-6(9)8-5-3-4-7(10)11/h2,5H2,1H3,(H,8,9)(H,10,11). The summed E-state index contributed by atoms with van der Waals surface area (Å²) < 4.78 is 0. The van der Waals surface area contributed by atoms with E-state index in [0.717, 1.165) is 0 Å². The lowest BCUT2D eigenvalue weighted by atomic mass is 10.4. The number of rotatable bonds is 2. The summed E-state index contributed by atoms with van der Waals surface area (Å²) >= 11 is 0. The Balaban J connectivity index is 3.51. The van der Waals surface area contributed by atoms with E-state index < -0.39 is 5.97 Å². The molecule has 0 aliphatic carbocycles. The van der Waals surface area contributed by atoms with Crippen molar-refractivity contribution in [1.29, 1.82) is 0 Å². The fourth-order valence-electron chi connectivity index (χ4n) is 0.388. The maximum Gasteiger partial charge on any atom is 0.381 e. The van der Waals surface area contributed by atoms with Gasteiger partial charge in [-0.2, -0.15) is 0 Å². The number of carboxylic acid groups (broad SMARTS) is 1. The highest BCUT2D eigenvalue weighted by atomic mass is 16.4. The van der Waals surface area contributed by atoms with Crippen LogP contribution in [0, 0.1) is 11.8 Å². The Morgan fingerprint density at radius 3 is 2.64 bits per heavy atom. The lowest BCUT2D eigenvalue weighted by molar-refractivity contribution is -0.130. The number of amides is 1. The molecule has 0 aromatic rings. The van der Waals surface area contributed by atoms with Gasteiger partial charge in [0.15, 0.2) is 0 Å². The van der Waals surface area contributed by atoms with Gasteiger partial charge in [0.1, 0.15) is 0 Å². The fourth-order valence-corrected chi connectivity index (χ4v) is 0.388. The van der Waals surface area contributed by atoms with E-state index in [2.05, 4.69) is 11.2 Å². The maximum absolute atomic E-state index is 10.5. The summed E-state index contributed by atoms with van der Waals surface area (Å²) in [6, 6.07) is 0. The molecule has 0 radical (unpaired) electrons. The first-order valence-electron chi connectivity index (χ1n) is 3.15. The van der Waals surface area contributed by atoms with E-state index in [1.54, 1.807) is 6.92 Å². The highest BCUT2D eigenvalue weighted by Gasteiger charge is 1.91. The van der Waals surface area contributed by atoms with Crippen LogP contribution in [0.4, 0.5) is 0 Å². The monoisotopic (exact) mass is 155 g/mol. The number of hydrogen-bond acceptors (Lipinski definition) is 2. The second-order valence-electron chi connectivity index (χ2n) is 1.74. The van der Waals surface area contributed by atoms with Gasteiger partial charge in [0, 0.05) is 12.3 Å². The van der Waals surface area contributed by atoms with Crippen LogP contribution in [0.3, 0.4) is 0 Å². The van der Waals surface area contributed by atoms with Crippen LogP contribution < -0.4 is 5.32 Å². The summed E-state index contributed by atoms with van der Waals surface area (Å²) in [5.74, 6) is 2.83. The molecule has 0 aliphatic heterocycles. The number of carbonyl (C=O) groups excluding carboxylic acids is 1. The quantitative estimate of drug-likeness (QED) is 0.533. The third-order valence-electron chi connectivity index (χ3n) is 0.890. The van der Waals surface area contributed by atoms with Gasteiger partial charge in [0.05, 0.1) is 6.54 Å². The lowest BCUT2D eigenvalue weighted by Gasteiger charge is -1.93. The van der Waals surface area contributed by atoms with Gasteiger partial charge < -0.3 is 10.4 Å². The molecule has 4 nitrogen and oxygen atoms in total. The Kier molecular flexibility index (Phi) is 4.58. The number of carboxylic acids is 1. The first kappa shape index (κ1) is 9.50. The number of nitrogens with one attached hydrogen (secondary N) is 1. The molecule has 60 valence electrons. The molecule has 0 unspecified atom stereocenters. The van der Waals surface area contributed by atoms with Crippen LogP contribution in [-0.2, 0) is 9.59 Å². The molecule has 0 fully saturated rings. The Morgan fingerprint density at radius 2 is 2.18 bits per heavy atom. The third-order valence-corrected chi connectivity index (χ3v) is 0.890. The van der Waals surface area contributed by atoms with Crippen molar-refractivity contribution in [3.05, 3.63) is 0 Å². The molecule has 0 rings (SSSR count). The van der Waals surface area contributed by atoms with Gasteiger partial charge in [-0.05, 0) is 0 Å². The van der Waals surface area contributed by atoms with Crippen LogP contribution >= 0.6 is 0 Å². The van der Waals surface area contributed by atoms with Gasteiger partial charge in [-0.3, -0.25) is 4.79 Å². The van der Waals surface area contributed by atoms with E-state index in [1.165, 1.54) is 0 Å². The number of aliphatic carboxylic acids is 1. The van der Waals surface area contributed by atoms with Crippen LogP contribution in [0.25, 0.3) is 0 Å². The topological polar surface area (TPSA) is 66.4 Å². The zero-order valence-corrected chi connectivity index (χ0v) is 6.18. The zero-order valence-electron chi connectivity index (χ0n) is 6.18. The summed E-state index contributed by atoms with van der Waals surface area (Å²) in [6.07, 6.45) is 0.384. The lowest BCUT2D eigenvalue weighted by Crippen LogP contribution is -2.22. The summed E-state index contributed by atoms with van der Waals surface area (Å²) in [5, 5.41) is 10.5. The molecule has 0 aromatic carbocycles. The van der Waals surface area contributed by atoms with E-state index in [0.29, 0.717) is 6.42 Å². The second kappa shape index (κ2) is 5.30. The molecule has 11 heavy (non-hydrogen) atoms. The van der Waals surface area contributed by atoms with Crippen molar-refractivity contribution in [3.8, 4) is 11.8 Å². The maximum atomic E-state index is 10.5. The van der Waals surface area contributed by atoms with Crippen molar-refractivity contribution in [3.63, 3.8) is 0 Å². The van der Waals surface area contributed by atoms with Gasteiger partial charge in [0.2, 0.25) is 5.91 Å². The van der Waals surface area contributed by atoms with Crippen LogP contribution in [0.5, 0.6) is 0 Å². The van der Waals surface area contributed by atoms with E-state index in [9.17, 15) is 9.59 Å². The molecule has 0 spiro atoms. The average Bonchev–Trinajstić information content (AvgIpc) is 1.97. The Morgan fingerprint density at radius 1 is 1.55 bits per heavy atom. The molecule has 0 heterocycles. The summed E-state index contributed by atoms with van der Waals surface area (Å²) in [7, 11) is 0. The molecule has 0 bridgehead atoms. The first-order valence-corrected chi connectivity index (χ1v) is 3.15. The van der Waals surface area contributed by atoms with Crippen molar-refractivity contribution >= 4 is 11.9 Å². The molecule has 4 heteroatoms. The molecule has 0 saturated carbocycles. The fraction of sp³-hybridized carbons (Fsp3) is 0.429. The molecule has 0 atom stereocenters. The van der Waals surface area contributed by atoms with Crippen LogP contribution in [0.2, 0.25) is 0 Å². The van der Waals surface area contributed by atoms with Crippen molar-refractivity contribution in [2.45, 2.75) is 13.3 Å². The minimum absolute atomic E-state index is 0.0962. The van der Waals surface area contributed by atoms with E-state index >= 15 is 0 Å². The highest BCUT2D eigenvalue weighted by molar-refractivity contribution is 5.86. The Hall–Kier alpha value is -1.50. The zero-order chi connectivity index (χ0) is 8.69. The largest absolute Gasteiger partial charge is 0.472 e. The molecule has 0 aromatic heterocycles. The predicted octanol–water partition coefficient (Wildman–Crippen LogP) is -0.399. The molecule has 0 aliphatic rings. The molecule has 1 amide bonds. The van der Waals surface area contributed by atoms with Crippen molar-refractivity contribution in [2.24, 2.45) is 0 Å². The summed E-state index contributed by atoms with van der Waals surface area (Å²) in [4.78, 5) is 20.4. The molecular weight excluding hydrogens is 146 g/mol. The van der Waals surface area contributed by atoms with Crippen LogP contribution in [-0.4, -0.2) is 23.5 Å². The Bertz CT molecular complexity index is 211. The van der Waals surface area contributed by atoms with E-state index in [4.69, 9.17) is 5.11 Å². The van der Waals surface area contributed by atoms with Crippen LogP contribution in [0.15, 0.2) is 0 Å². The minimum atomic E-state index is -1.18. The van der Waals surface area contributed by atoms with Gasteiger partial charge in [-0.25, -0.2) is 4.79 Å². The van der Waals surface area contributed by atoms with Gasteiger partial charge in [-0.15, -0.1) is 0 Å². The molecule has 2 N–H and O–H groups in total. The predicted molar refractivity (Wildman–Crippen MR) is 38.7 cm³/mol.